The Bertz CT molecular complexity index is 445. The van der Waals surface area contributed by atoms with Crippen LogP contribution in [0.3, 0.4) is 0 Å². The molecule has 1 aromatic rings. The number of aliphatic carboxylic acids is 2. The summed E-state index contributed by atoms with van der Waals surface area (Å²) in [5.41, 5.74) is 0. The van der Waals surface area contributed by atoms with Gasteiger partial charge in [-0.25, -0.2) is 0 Å². The predicted molar refractivity (Wildman–Crippen MR) is 52.4 cm³/mol. The largest absolute Gasteiger partial charge is 0.480 e. The number of rotatable bonds is 5. The van der Waals surface area contributed by atoms with Crippen molar-refractivity contribution in [2.75, 3.05) is 18.0 Å². The molecule has 0 fully saturated rings. The third-order valence-electron chi connectivity index (χ3n) is 1.58. The molecule has 0 amide bonds. The van der Waals surface area contributed by atoms with Gasteiger partial charge in [0.25, 0.3) is 0 Å². The number of hydrogen-bond donors (Lipinski definition) is 2. The van der Waals surface area contributed by atoms with Gasteiger partial charge in [0.2, 0.25) is 10.1 Å². The molecule has 100 valence electrons. The second-order valence-corrected chi connectivity index (χ2v) is 3.99. The second kappa shape index (κ2) is 5.16. The maximum Gasteiger partial charge on any atom is 0.445 e. The Kier molecular flexibility index (Phi) is 4.06. The smallest absolute Gasteiger partial charge is 0.445 e. The van der Waals surface area contributed by atoms with Crippen molar-refractivity contribution < 1.29 is 33.0 Å². The molecular formula is C7H6F3N3O4S. The van der Waals surface area contributed by atoms with E-state index in [0.29, 0.717) is 4.90 Å². The summed E-state index contributed by atoms with van der Waals surface area (Å²) in [5, 5.41) is 21.3. The molecule has 0 unspecified atom stereocenters. The molecule has 1 rings (SSSR count). The quantitative estimate of drug-likeness (QED) is 0.813. The van der Waals surface area contributed by atoms with E-state index in [2.05, 4.69) is 10.2 Å². The molecule has 0 spiro atoms. The molecule has 7 nitrogen and oxygen atoms in total. The number of carbonyl (C=O) groups is 2. The van der Waals surface area contributed by atoms with Crippen molar-refractivity contribution in [3.05, 3.63) is 5.01 Å². The number of hydrogen-bond acceptors (Lipinski definition) is 6. The van der Waals surface area contributed by atoms with Crippen molar-refractivity contribution in [2.45, 2.75) is 6.18 Å². The first-order valence-corrected chi connectivity index (χ1v) is 5.11. The Morgan fingerprint density at radius 1 is 1.17 bits per heavy atom. The van der Waals surface area contributed by atoms with Crippen LogP contribution in [-0.2, 0) is 15.8 Å². The average molecular weight is 285 g/mol. The van der Waals surface area contributed by atoms with Crippen LogP contribution in [0.1, 0.15) is 5.01 Å². The fourth-order valence-electron chi connectivity index (χ4n) is 0.976. The Labute approximate surface area is 101 Å². The average Bonchev–Trinajstić information content (AvgIpc) is 2.62. The van der Waals surface area contributed by atoms with E-state index in [4.69, 9.17) is 10.2 Å². The van der Waals surface area contributed by atoms with E-state index in [1.807, 2.05) is 0 Å². The maximum atomic E-state index is 12.2. The third kappa shape index (κ3) is 3.84. The molecule has 0 bridgehead atoms. The van der Waals surface area contributed by atoms with E-state index in [1.165, 1.54) is 0 Å². The van der Waals surface area contributed by atoms with Crippen molar-refractivity contribution in [2.24, 2.45) is 0 Å². The minimum atomic E-state index is -4.70. The lowest BCUT2D eigenvalue weighted by molar-refractivity contribution is -0.138. The minimum absolute atomic E-state index is 0.0839. The first-order valence-electron chi connectivity index (χ1n) is 4.29. The van der Waals surface area contributed by atoms with Gasteiger partial charge < -0.3 is 15.1 Å². The summed E-state index contributed by atoms with van der Waals surface area (Å²) in [6, 6.07) is 0. The topological polar surface area (TPSA) is 104 Å². The first-order chi connectivity index (χ1) is 8.20. The zero-order valence-electron chi connectivity index (χ0n) is 8.51. The van der Waals surface area contributed by atoms with Crippen LogP contribution in [0.2, 0.25) is 0 Å². The summed E-state index contributed by atoms with van der Waals surface area (Å²) in [6.45, 7) is -1.56. The van der Waals surface area contributed by atoms with E-state index >= 15 is 0 Å². The predicted octanol–water partition coefficient (Wildman–Crippen LogP) is 0.533. The molecule has 11 heteroatoms. The van der Waals surface area contributed by atoms with E-state index in [9.17, 15) is 22.8 Å². The molecular weight excluding hydrogens is 279 g/mol. The summed E-state index contributed by atoms with van der Waals surface area (Å²) in [4.78, 5) is 21.6. The number of halogens is 3. The summed E-state index contributed by atoms with van der Waals surface area (Å²) in [5.74, 6) is -2.78. The van der Waals surface area contributed by atoms with E-state index in [1.54, 1.807) is 0 Å². The zero-order chi connectivity index (χ0) is 13.9. The van der Waals surface area contributed by atoms with Gasteiger partial charge in [-0.2, -0.15) is 13.2 Å². The van der Waals surface area contributed by atoms with E-state index in [-0.39, 0.29) is 11.3 Å². The number of anilines is 1. The lowest BCUT2D eigenvalue weighted by Gasteiger charge is -2.15. The van der Waals surface area contributed by atoms with E-state index < -0.39 is 41.3 Å². The highest BCUT2D eigenvalue weighted by atomic mass is 32.1. The van der Waals surface area contributed by atoms with Crippen LogP contribution in [0.15, 0.2) is 0 Å². The summed E-state index contributed by atoms with van der Waals surface area (Å²) < 4.78 is 36.7. The van der Waals surface area contributed by atoms with Gasteiger partial charge in [0.1, 0.15) is 13.1 Å². The molecule has 0 radical (unpaired) electrons. The molecule has 0 aromatic carbocycles. The van der Waals surface area contributed by atoms with Crippen LogP contribution >= 0.6 is 11.3 Å². The fraction of sp³-hybridized carbons (Fsp3) is 0.429. The van der Waals surface area contributed by atoms with Gasteiger partial charge in [-0.05, 0) is 0 Å². The van der Waals surface area contributed by atoms with Gasteiger partial charge in [-0.1, -0.05) is 11.3 Å². The Morgan fingerprint density at radius 2 is 1.67 bits per heavy atom. The Balaban J connectivity index is 2.95. The maximum absolute atomic E-state index is 12.2. The van der Waals surface area contributed by atoms with Gasteiger partial charge in [-0.3, -0.25) is 9.59 Å². The molecule has 0 aliphatic carbocycles. The van der Waals surface area contributed by atoms with Gasteiger partial charge in [0.15, 0.2) is 0 Å². The molecule has 2 N–H and O–H groups in total. The van der Waals surface area contributed by atoms with Crippen molar-refractivity contribution >= 4 is 28.4 Å². The normalized spacial score (nSPS) is 11.3. The van der Waals surface area contributed by atoms with Crippen LogP contribution in [-0.4, -0.2) is 45.4 Å². The SMILES string of the molecule is O=C(O)CN(CC(=O)O)c1nnc(C(F)(F)F)s1. The highest BCUT2D eigenvalue weighted by Gasteiger charge is 2.36. The summed E-state index contributed by atoms with van der Waals surface area (Å²) in [7, 11) is 0. The molecule has 1 aromatic heterocycles. The van der Waals surface area contributed by atoms with Crippen LogP contribution in [0.4, 0.5) is 18.3 Å². The van der Waals surface area contributed by atoms with Gasteiger partial charge in [0, 0.05) is 0 Å². The summed E-state index contributed by atoms with van der Waals surface area (Å²) in [6.07, 6.45) is -4.70. The fourth-order valence-corrected chi connectivity index (χ4v) is 1.69. The van der Waals surface area contributed by atoms with Gasteiger partial charge in [-0.15, -0.1) is 10.2 Å². The number of alkyl halides is 3. The van der Waals surface area contributed by atoms with Crippen molar-refractivity contribution in [3.8, 4) is 0 Å². The highest BCUT2D eigenvalue weighted by Crippen LogP contribution is 2.34. The van der Waals surface area contributed by atoms with E-state index in [0.717, 1.165) is 0 Å². The molecule has 0 saturated carbocycles. The number of aromatic nitrogens is 2. The van der Waals surface area contributed by atoms with Gasteiger partial charge >= 0.3 is 18.1 Å². The third-order valence-corrected chi connectivity index (χ3v) is 2.61. The standard InChI is InChI=1S/C7H6F3N3O4S/c8-7(9,10)5-11-12-6(18-5)13(1-3(14)15)2-4(16)17/h1-2H2,(H,14,15)(H,16,17). The number of carboxylic acid groups (broad SMARTS) is 2. The lowest BCUT2D eigenvalue weighted by Crippen LogP contribution is -2.34. The van der Waals surface area contributed by atoms with Gasteiger partial charge in [0.05, 0.1) is 0 Å². The zero-order valence-corrected chi connectivity index (χ0v) is 9.33. The van der Waals surface area contributed by atoms with Crippen molar-refractivity contribution in [3.63, 3.8) is 0 Å². The highest BCUT2D eigenvalue weighted by molar-refractivity contribution is 7.15. The Morgan fingerprint density at radius 3 is 2.00 bits per heavy atom. The lowest BCUT2D eigenvalue weighted by atomic mass is 10.5. The van der Waals surface area contributed by atoms with Crippen LogP contribution in [0.25, 0.3) is 0 Å². The van der Waals surface area contributed by atoms with Crippen molar-refractivity contribution in [1.82, 2.24) is 10.2 Å². The van der Waals surface area contributed by atoms with Crippen LogP contribution < -0.4 is 4.90 Å². The Hall–Kier alpha value is -1.91. The summed E-state index contributed by atoms with van der Waals surface area (Å²) >= 11 is 0.0839. The first kappa shape index (κ1) is 14.2. The molecule has 0 atom stereocenters. The number of nitrogens with zero attached hydrogens (tertiary/aromatic N) is 3. The molecule has 0 aliphatic rings. The number of carboxylic acids is 2. The monoisotopic (exact) mass is 285 g/mol. The van der Waals surface area contributed by atoms with Crippen molar-refractivity contribution in [1.29, 1.82) is 0 Å². The molecule has 0 saturated heterocycles. The van der Waals surface area contributed by atoms with Crippen LogP contribution in [0.5, 0.6) is 0 Å². The second-order valence-electron chi connectivity index (χ2n) is 3.03. The minimum Gasteiger partial charge on any atom is -0.480 e. The molecule has 18 heavy (non-hydrogen) atoms. The molecule has 0 aliphatic heterocycles. The molecule has 1 heterocycles. The van der Waals surface area contributed by atoms with Crippen LogP contribution in [0, 0.1) is 0 Å².